The van der Waals surface area contributed by atoms with E-state index < -0.39 is 29.6 Å². The standard InChI is InChI=1S/C19H17FN2O5/c1-27-15-9-12(7-13(10-15)19(25)26)18(24)22-6-5-21-17(23)16(22)11-3-2-4-14(20)8-11/h2-4,7-10,16H,5-6H2,1H3,(H,21,23)(H,25,26)/t16-/m1/s1. The molecule has 2 N–H and O–H groups in total. The third-order valence-electron chi connectivity index (χ3n) is 4.27. The molecular weight excluding hydrogens is 355 g/mol. The number of benzene rings is 2. The molecule has 0 spiro atoms. The summed E-state index contributed by atoms with van der Waals surface area (Å²) in [5.41, 5.74) is 0.297. The van der Waals surface area contributed by atoms with Gasteiger partial charge in [-0.3, -0.25) is 9.59 Å². The van der Waals surface area contributed by atoms with E-state index in [-0.39, 0.29) is 30.0 Å². The summed E-state index contributed by atoms with van der Waals surface area (Å²) in [5, 5.41) is 11.9. The van der Waals surface area contributed by atoms with Crippen LogP contribution in [0.1, 0.15) is 32.3 Å². The number of carboxylic acid groups (broad SMARTS) is 1. The van der Waals surface area contributed by atoms with Gasteiger partial charge >= 0.3 is 5.97 Å². The van der Waals surface area contributed by atoms with Crippen molar-refractivity contribution in [3.05, 3.63) is 65.0 Å². The summed E-state index contributed by atoms with van der Waals surface area (Å²) in [6.45, 7) is 0.442. The number of piperazine rings is 1. The smallest absolute Gasteiger partial charge is 0.335 e. The van der Waals surface area contributed by atoms with Gasteiger partial charge in [0.2, 0.25) is 5.91 Å². The Morgan fingerprint density at radius 3 is 2.63 bits per heavy atom. The lowest BCUT2D eigenvalue weighted by Gasteiger charge is -2.35. The lowest BCUT2D eigenvalue weighted by Crippen LogP contribution is -2.52. The van der Waals surface area contributed by atoms with Crippen molar-refractivity contribution >= 4 is 17.8 Å². The van der Waals surface area contributed by atoms with Gasteiger partial charge in [-0.15, -0.1) is 0 Å². The first kappa shape index (κ1) is 18.4. The van der Waals surface area contributed by atoms with E-state index in [0.717, 1.165) is 0 Å². The maximum Gasteiger partial charge on any atom is 0.335 e. The van der Waals surface area contributed by atoms with Crippen molar-refractivity contribution in [2.45, 2.75) is 6.04 Å². The van der Waals surface area contributed by atoms with Gasteiger partial charge in [0.25, 0.3) is 5.91 Å². The lowest BCUT2D eigenvalue weighted by molar-refractivity contribution is -0.128. The summed E-state index contributed by atoms with van der Waals surface area (Å²) in [4.78, 5) is 38.1. The molecule has 1 atom stereocenters. The highest BCUT2D eigenvalue weighted by Gasteiger charge is 2.35. The zero-order valence-electron chi connectivity index (χ0n) is 14.4. The molecule has 2 aromatic rings. The SMILES string of the molecule is COc1cc(C(=O)O)cc(C(=O)N2CCNC(=O)[C@H]2c2cccc(F)c2)c1. The van der Waals surface area contributed by atoms with Crippen molar-refractivity contribution in [3.8, 4) is 5.75 Å². The Kier molecular flexibility index (Phi) is 5.07. The van der Waals surface area contributed by atoms with E-state index in [1.807, 2.05) is 0 Å². The summed E-state index contributed by atoms with van der Waals surface area (Å²) in [6, 6.07) is 8.39. The molecular formula is C19H17FN2O5. The number of halogens is 1. The molecule has 0 bridgehead atoms. The van der Waals surface area contributed by atoms with E-state index in [9.17, 15) is 23.9 Å². The van der Waals surface area contributed by atoms with Crippen LogP contribution in [0.5, 0.6) is 5.75 Å². The second-order valence-electron chi connectivity index (χ2n) is 6.00. The zero-order chi connectivity index (χ0) is 19.6. The predicted molar refractivity (Wildman–Crippen MR) is 93.1 cm³/mol. The molecule has 1 fully saturated rings. The largest absolute Gasteiger partial charge is 0.497 e. The number of carboxylic acids is 1. The molecule has 1 saturated heterocycles. The highest BCUT2D eigenvalue weighted by Crippen LogP contribution is 2.27. The molecule has 8 heteroatoms. The minimum Gasteiger partial charge on any atom is -0.497 e. The summed E-state index contributed by atoms with van der Waals surface area (Å²) in [7, 11) is 1.36. The molecule has 0 aromatic heterocycles. The highest BCUT2D eigenvalue weighted by molar-refractivity contribution is 6.01. The monoisotopic (exact) mass is 372 g/mol. The average Bonchev–Trinajstić information content (AvgIpc) is 2.66. The molecule has 0 aliphatic carbocycles. The average molecular weight is 372 g/mol. The topological polar surface area (TPSA) is 95.9 Å². The number of hydrogen-bond acceptors (Lipinski definition) is 4. The van der Waals surface area contributed by atoms with Crippen LogP contribution in [-0.4, -0.2) is 48.0 Å². The third-order valence-corrected chi connectivity index (χ3v) is 4.27. The molecule has 140 valence electrons. The number of amides is 2. The number of rotatable bonds is 4. The zero-order valence-corrected chi connectivity index (χ0v) is 14.4. The van der Waals surface area contributed by atoms with E-state index in [1.54, 1.807) is 6.07 Å². The Labute approximate surface area is 154 Å². The number of carbonyl (C=O) groups is 3. The minimum atomic E-state index is -1.21. The van der Waals surface area contributed by atoms with Crippen molar-refractivity contribution in [1.82, 2.24) is 10.2 Å². The molecule has 1 heterocycles. The molecule has 1 aliphatic heterocycles. The van der Waals surface area contributed by atoms with Gasteiger partial charge in [0.15, 0.2) is 0 Å². The number of methoxy groups -OCH3 is 1. The Bertz CT molecular complexity index is 915. The normalized spacial score (nSPS) is 16.6. The maximum atomic E-state index is 13.6. The van der Waals surface area contributed by atoms with Crippen molar-refractivity contribution in [2.75, 3.05) is 20.2 Å². The van der Waals surface area contributed by atoms with Gasteiger partial charge in [0.1, 0.15) is 17.6 Å². The van der Waals surface area contributed by atoms with Crippen LogP contribution < -0.4 is 10.1 Å². The number of carbonyl (C=O) groups excluding carboxylic acids is 2. The molecule has 7 nitrogen and oxygen atoms in total. The molecule has 0 saturated carbocycles. The molecule has 1 aliphatic rings. The molecule has 0 unspecified atom stereocenters. The lowest BCUT2D eigenvalue weighted by atomic mass is 10.0. The van der Waals surface area contributed by atoms with Crippen molar-refractivity contribution in [3.63, 3.8) is 0 Å². The van der Waals surface area contributed by atoms with E-state index in [0.29, 0.717) is 5.56 Å². The number of nitrogens with one attached hydrogen (secondary N) is 1. The van der Waals surface area contributed by atoms with Crippen molar-refractivity contribution < 1.29 is 28.6 Å². The highest BCUT2D eigenvalue weighted by atomic mass is 19.1. The molecule has 2 aromatic carbocycles. The van der Waals surface area contributed by atoms with Crippen molar-refractivity contribution in [2.24, 2.45) is 0 Å². The third kappa shape index (κ3) is 3.74. The van der Waals surface area contributed by atoms with E-state index >= 15 is 0 Å². The van der Waals surface area contributed by atoms with Crippen LogP contribution in [0.3, 0.4) is 0 Å². The van der Waals surface area contributed by atoms with E-state index in [4.69, 9.17) is 4.74 Å². The minimum absolute atomic E-state index is 0.0721. The molecule has 3 rings (SSSR count). The van der Waals surface area contributed by atoms with Crippen molar-refractivity contribution in [1.29, 1.82) is 0 Å². The Morgan fingerprint density at radius 1 is 1.22 bits per heavy atom. The quantitative estimate of drug-likeness (QED) is 0.854. The van der Waals surface area contributed by atoms with E-state index in [2.05, 4.69) is 5.32 Å². The number of ether oxygens (including phenoxy) is 1. The van der Waals surface area contributed by atoms with Gasteiger partial charge in [0, 0.05) is 18.7 Å². The van der Waals surface area contributed by atoms with Crippen LogP contribution in [0, 0.1) is 5.82 Å². The van der Waals surface area contributed by atoms with E-state index in [1.165, 1.54) is 48.4 Å². The van der Waals surface area contributed by atoms with Gasteiger partial charge in [-0.25, -0.2) is 9.18 Å². The number of aromatic carboxylic acids is 1. The van der Waals surface area contributed by atoms with Gasteiger partial charge in [0.05, 0.1) is 12.7 Å². The van der Waals surface area contributed by atoms with Crippen LogP contribution in [0.15, 0.2) is 42.5 Å². The first-order chi connectivity index (χ1) is 12.9. The van der Waals surface area contributed by atoms with Gasteiger partial charge in [-0.2, -0.15) is 0 Å². The fourth-order valence-electron chi connectivity index (χ4n) is 3.02. The Morgan fingerprint density at radius 2 is 1.96 bits per heavy atom. The van der Waals surface area contributed by atoms with Gasteiger partial charge in [-0.05, 0) is 35.9 Å². The van der Waals surface area contributed by atoms with Crippen LogP contribution in [0.25, 0.3) is 0 Å². The summed E-state index contributed by atoms with van der Waals surface area (Å²) < 4.78 is 18.7. The Hall–Kier alpha value is -3.42. The fraction of sp³-hybridized carbons (Fsp3) is 0.211. The summed E-state index contributed by atoms with van der Waals surface area (Å²) in [5.74, 6) is -2.49. The first-order valence-corrected chi connectivity index (χ1v) is 8.17. The van der Waals surface area contributed by atoms with Gasteiger partial charge in [-0.1, -0.05) is 12.1 Å². The second-order valence-corrected chi connectivity index (χ2v) is 6.00. The summed E-state index contributed by atoms with van der Waals surface area (Å²) >= 11 is 0. The maximum absolute atomic E-state index is 13.6. The second kappa shape index (κ2) is 7.45. The van der Waals surface area contributed by atoms with Gasteiger partial charge < -0.3 is 20.1 Å². The number of nitrogens with zero attached hydrogens (tertiary/aromatic N) is 1. The van der Waals surface area contributed by atoms with Crippen LogP contribution in [0.2, 0.25) is 0 Å². The first-order valence-electron chi connectivity index (χ1n) is 8.17. The molecule has 2 amide bonds. The predicted octanol–water partition coefficient (Wildman–Crippen LogP) is 1.85. The molecule has 27 heavy (non-hydrogen) atoms. The van der Waals surface area contributed by atoms with Crippen LogP contribution >= 0.6 is 0 Å². The number of hydrogen-bond donors (Lipinski definition) is 2. The fourth-order valence-corrected chi connectivity index (χ4v) is 3.02. The summed E-state index contributed by atoms with van der Waals surface area (Å²) in [6.07, 6.45) is 0. The Balaban J connectivity index is 2.02. The van der Waals surface area contributed by atoms with Crippen LogP contribution in [0.4, 0.5) is 4.39 Å². The molecule has 0 radical (unpaired) electrons. The van der Waals surface area contributed by atoms with Crippen LogP contribution in [-0.2, 0) is 4.79 Å².